The number of anilines is 2. The second-order valence-electron chi connectivity index (χ2n) is 8.58. The van der Waals surface area contributed by atoms with E-state index in [9.17, 15) is 9.59 Å². The quantitative estimate of drug-likeness (QED) is 0.469. The lowest BCUT2D eigenvalue weighted by Gasteiger charge is -2.12. The molecule has 4 aromatic rings. The van der Waals surface area contributed by atoms with Crippen molar-refractivity contribution in [2.75, 3.05) is 10.6 Å². The molecule has 0 saturated heterocycles. The van der Waals surface area contributed by atoms with Crippen LogP contribution in [0.25, 0.3) is 10.8 Å². The smallest absolute Gasteiger partial charge is 0.274 e. The van der Waals surface area contributed by atoms with Crippen LogP contribution >= 0.6 is 0 Å². The summed E-state index contributed by atoms with van der Waals surface area (Å²) in [6.45, 7) is 6.03. The monoisotopic (exact) mass is 428 g/mol. The molecule has 162 valence electrons. The predicted octanol–water partition coefficient (Wildman–Crippen LogP) is 4.95. The Balaban J connectivity index is 1.38. The number of pyridine rings is 1. The third kappa shape index (κ3) is 4.83. The Morgan fingerprint density at radius 2 is 1.72 bits per heavy atom. The fraction of sp³-hybridized carbons (Fsp3) is 0.200. The van der Waals surface area contributed by atoms with Crippen LogP contribution in [0.15, 0.2) is 71.4 Å². The number of carbonyl (C=O) groups is 2. The molecular weight excluding hydrogens is 404 g/mol. The van der Waals surface area contributed by atoms with Crippen LogP contribution < -0.4 is 10.6 Å². The lowest BCUT2D eigenvalue weighted by Crippen LogP contribution is -2.15. The highest BCUT2D eigenvalue weighted by Crippen LogP contribution is 2.24. The van der Waals surface area contributed by atoms with Crippen LogP contribution in [0.1, 0.15) is 42.6 Å². The van der Waals surface area contributed by atoms with Gasteiger partial charge in [0, 0.05) is 28.8 Å². The summed E-state index contributed by atoms with van der Waals surface area (Å²) in [4.78, 5) is 29.3. The molecule has 0 atom stereocenters. The molecule has 7 nitrogen and oxygen atoms in total. The van der Waals surface area contributed by atoms with E-state index in [-0.39, 0.29) is 23.7 Å². The molecule has 2 amide bonds. The molecule has 0 bridgehead atoms. The maximum Gasteiger partial charge on any atom is 0.274 e. The number of aromatic nitrogens is 2. The number of rotatable bonds is 5. The minimum absolute atomic E-state index is 0.177. The van der Waals surface area contributed by atoms with Crippen molar-refractivity contribution in [3.63, 3.8) is 0 Å². The van der Waals surface area contributed by atoms with Gasteiger partial charge in [0.2, 0.25) is 5.91 Å². The van der Waals surface area contributed by atoms with E-state index in [1.54, 1.807) is 36.5 Å². The zero-order chi connectivity index (χ0) is 22.7. The summed E-state index contributed by atoms with van der Waals surface area (Å²) in [5, 5.41) is 11.3. The molecular formula is C25H24N4O3. The molecule has 2 N–H and O–H groups in total. The van der Waals surface area contributed by atoms with Crippen LogP contribution in [0.4, 0.5) is 11.5 Å². The summed E-state index contributed by atoms with van der Waals surface area (Å²) >= 11 is 0. The van der Waals surface area contributed by atoms with Gasteiger partial charge in [0.05, 0.1) is 6.42 Å². The van der Waals surface area contributed by atoms with E-state index >= 15 is 0 Å². The van der Waals surface area contributed by atoms with Crippen LogP contribution in [0.2, 0.25) is 0 Å². The van der Waals surface area contributed by atoms with Crippen molar-refractivity contribution in [1.82, 2.24) is 10.1 Å². The van der Waals surface area contributed by atoms with E-state index in [4.69, 9.17) is 4.52 Å². The van der Waals surface area contributed by atoms with Crippen molar-refractivity contribution in [3.8, 4) is 0 Å². The Hall–Kier alpha value is -4.00. The summed E-state index contributed by atoms with van der Waals surface area (Å²) in [7, 11) is 0. The maximum absolute atomic E-state index is 12.7. The van der Waals surface area contributed by atoms with E-state index in [0.29, 0.717) is 23.0 Å². The minimum atomic E-state index is -0.284. The predicted molar refractivity (Wildman–Crippen MR) is 124 cm³/mol. The highest BCUT2D eigenvalue weighted by molar-refractivity contribution is 6.11. The fourth-order valence-corrected chi connectivity index (χ4v) is 3.26. The second-order valence-corrected chi connectivity index (χ2v) is 8.58. The van der Waals surface area contributed by atoms with Gasteiger partial charge in [-0.1, -0.05) is 62.3 Å². The van der Waals surface area contributed by atoms with Gasteiger partial charge in [-0.05, 0) is 29.1 Å². The van der Waals surface area contributed by atoms with Gasteiger partial charge < -0.3 is 15.2 Å². The van der Waals surface area contributed by atoms with Crippen LogP contribution in [-0.2, 0) is 16.6 Å². The summed E-state index contributed by atoms with van der Waals surface area (Å²) in [5.41, 5.74) is 1.62. The first-order chi connectivity index (χ1) is 15.3. The SMILES string of the molecule is CC(C)(C)c1cc(NC(=O)Cc2ccc(NC(=O)c3nccc4ccccc34)cc2)no1. The maximum atomic E-state index is 12.7. The van der Waals surface area contributed by atoms with E-state index < -0.39 is 0 Å². The van der Waals surface area contributed by atoms with Gasteiger partial charge >= 0.3 is 0 Å². The van der Waals surface area contributed by atoms with Crippen LogP contribution in [-0.4, -0.2) is 22.0 Å². The molecule has 2 aromatic heterocycles. The number of hydrogen-bond donors (Lipinski definition) is 2. The standard InChI is InChI=1S/C25H24N4O3/c1-25(2,3)20-15-21(29-32-20)28-22(30)14-16-8-10-18(11-9-16)27-24(31)23-19-7-5-4-6-17(19)12-13-26-23/h4-13,15H,14H2,1-3H3,(H,27,31)(H,28,29,30). The first-order valence-corrected chi connectivity index (χ1v) is 10.3. The summed E-state index contributed by atoms with van der Waals surface area (Å²) in [6, 6.07) is 18.3. The van der Waals surface area contributed by atoms with E-state index in [2.05, 4.69) is 20.8 Å². The van der Waals surface area contributed by atoms with Crippen LogP contribution in [0.5, 0.6) is 0 Å². The summed E-state index contributed by atoms with van der Waals surface area (Å²) in [5.74, 6) is 0.614. The van der Waals surface area contributed by atoms with Gasteiger partial charge in [-0.3, -0.25) is 14.6 Å². The van der Waals surface area contributed by atoms with Gasteiger partial charge in [-0.25, -0.2) is 0 Å². The van der Waals surface area contributed by atoms with E-state index in [0.717, 1.165) is 16.3 Å². The first-order valence-electron chi connectivity index (χ1n) is 10.3. The number of carbonyl (C=O) groups excluding carboxylic acids is 2. The second kappa shape index (κ2) is 8.63. The minimum Gasteiger partial charge on any atom is -0.359 e. The number of nitrogens with zero attached hydrogens (tertiary/aromatic N) is 2. The lowest BCUT2D eigenvalue weighted by atomic mass is 9.93. The van der Waals surface area contributed by atoms with Crippen molar-refractivity contribution in [3.05, 3.63) is 83.9 Å². The molecule has 0 radical (unpaired) electrons. The van der Waals surface area contributed by atoms with Crippen LogP contribution in [0, 0.1) is 0 Å². The van der Waals surface area contributed by atoms with Crippen molar-refractivity contribution >= 4 is 34.1 Å². The Morgan fingerprint density at radius 1 is 0.969 bits per heavy atom. The van der Waals surface area contributed by atoms with Crippen LogP contribution in [0.3, 0.4) is 0 Å². The number of amides is 2. The molecule has 4 rings (SSSR count). The van der Waals surface area contributed by atoms with Crippen molar-refractivity contribution in [2.24, 2.45) is 0 Å². The normalized spacial score (nSPS) is 11.3. The topological polar surface area (TPSA) is 97.1 Å². The highest BCUT2D eigenvalue weighted by atomic mass is 16.5. The van der Waals surface area contributed by atoms with E-state index in [1.165, 1.54) is 0 Å². The molecule has 7 heteroatoms. The molecule has 0 aliphatic rings. The molecule has 0 aliphatic heterocycles. The number of nitrogens with one attached hydrogen (secondary N) is 2. The third-order valence-corrected chi connectivity index (χ3v) is 4.98. The van der Waals surface area contributed by atoms with Gasteiger partial charge in [0.25, 0.3) is 5.91 Å². The largest absolute Gasteiger partial charge is 0.359 e. The number of hydrogen-bond acceptors (Lipinski definition) is 5. The molecule has 0 unspecified atom stereocenters. The Labute approximate surface area is 185 Å². The number of benzene rings is 2. The van der Waals surface area contributed by atoms with Crippen molar-refractivity contribution in [1.29, 1.82) is 0 Å². The molecule has 0 spiro atoms. The molecule has 0 fully saturated rings. The molecule has 32 heavy (non-hydrogen) atoms. The first kappa shape index (κ1) is 21.2. The average molecular weight is 428 g/mol. The van der Waals surface area contributed by atoms with Gasteiger partial charge in [0.1, 0.15) is 11.5 Å². The molecule has 0 aliphatic carbocycles. The zero-order valence-electron chi connectivity index (χ0n) is 18.2. The van der Waals surface area contributed by atoms with E-state index in [1.807, 2.05) is 51.1 Å². The van der Waals surface area contributed by atoms with Gasteiger partial charge in [-0.2, -0.15) is 0 Å². The molecule has 0 saturated carbocycles. The fourth-order valence-electron chi connectivity index (χ4n) is 3.26. The molecule has 2 heterocycles. The lowest BCUT2D eigenvalue weighted by molar-refractivity contribution is -0.115. The number of fused-ring (bicyclic) bond motifs is 1. The van der Waals surface area contributed by atoms with Gasteiger partial charge in [0.15, 0.2) is 5.82 Å². The molecule has 2 aromatic carbocycles. The third-order valence-electron chi connectivity index (χ3n) is 4.98. The average Bonchev–Trinajstić information content (AvgIpc) is 3.23. The zero-order valence-corrected chi connectivity index (χ0v) is 18.2. The Kier molecular flexibility index (Phi) is 5.73. The Bertz CT molecular complexity index is 1270. The summed E-state index contributed by atoms with van der Waals surface area (Å²) in [6.07, 6.45) is 1.80. The van der Waals surface area contributed by atoms with Crippen molar-refractivity contribution < 1.29 is 14.1 Å². The Morgan fingerprint density at radius 3 is 2.44 bits per heavy atom. The van der Waals surface area contributed by atoms with Gasteiger partial charge in [-0.15, -0.1) is 0 Å². The highest BCUT2D eigenvalue weighted by Gasteiger charge is 2.20. The summed E-state index contributed by atoms with van der Waals surface area (Å²) < 4.78 is 5.29. The van der Waals surface area contributed by atoms with Crippen molar-refractivity contribution in [2.45, 2.75) is 32.6 Å².